The summed E-state index contributed by atoms with van der Waals surface area (Å²) in [6.07, 6.45) is 1.65. The minimum atomic E-state index is -0.371. The first-order valence-corrected chi connectivity index (χ1v) is 8.51. The van der Waals surface area contributed by atoms with Crippen LogP contribution < -0.4 is 16.0 Å². The van der Waals surface area contributed by atoms with Crippen LogP contribution in [0.2, 0.25) is 0 Å². The van der Waals surface area contributed by atoms with E-state index in [1.165, 1.54) is 12.1 Å². The zero-order chi connectivity index (χ0) is 18.7. The second-order valence-electron chi connectivity index (χ2n) is 6.73. The molecule has 1 amide bonds. The van der Waals surface area contributed by atoms with Crippen molar-refractivity contribution in [3.8, 4) is 0 Å². The number of anilines is 3. The van der Waals surface area contributed by atoms with Crippen LogP contribution in [0.3, 0.4) is 0 Å². The molecule has 1 unspecified atom stereocenters. The highest BCUT2D eigenvalue weighted by Crippen LogP contribution is 2.32. The van der Waals surface area contributed by atoms with Gasteiger partial charge >= 0.3 is 0 Å². The number of carbonyl (C=O) groups excluding carboxylic acids is 1. The van der Waals surface area contributed by atoms with Gasteiger partial charge in [0.25, 0.3) is 5.91 Å². The van der Waals surface area contributed by atoms with Crippen molar-refractivity contribution in [2.45, 2.75) is 13.0 Å². The van der Waals surface area contributed by atoms with Gasteiger partial charge in [-0.1, -0.05) is 0 Å². The maximum atomic E-state index is 13.3. The maximum absolute atomic E-state index is 13.3. The highest BCUT2D eigenvalue weighted by molar-refractivity contribution is 6.31. The van der Waals surface area contributed by atoms with E-state index >= 15 is 0 Å². The van der Waals surface area contributed by atoms with Gasteiger partial charge in [-0.2, -0.15) is 0 Å². The van der Waals surface area contributed by atoms with Gasteiger partial charge in [0.05, 0.1) is 11.3 Å². The Labute approximate surface area is 152 Å². The van der Waals surface area contributed by atoms with Crippen LogP contribution in [0.1, 0.15) is 12.5 Å². The molecule has 1 aliphatic rings. The van der Waals surface area contributed by atoms with Gasteiger partial charge in [0, 0.05) is 35.7 Å². The van der Waals surface area contributed by atoms with Gasteiger partial charge in [-0.3, -0.25) is 4.79 Å². The van der Waals surface area contributed by atoms with Crippen molar-refractivity contribution in [3.05, 3.63) is 60.0 Å². The molecule has 0 radical (unpaired) electrons. The Hall–Kier alpha value is -2.86. The average molecular weight is 354 g/mol. The fraction of sp³-hybridized carbons (Fsp3) is 0.250. The summed E-state index contributed by atoms with van der Waals surface area (Å²) in [5, 5.41) is 9.24. The molecular formula is C20H23FN4O. The third-order valence-electron chi connectivity index (χ3n) is 4.08. The molecule has 0 aliphatic carbocycles. The summed E-state index contributed by atoms with van der Waals surface area (Å²) in [6.45, 7) is 3.08. The topological polar surface area (TPSA) is 56.4 Å². The molecule has 2 aromatic rings. The van der Waals surface area contributed by atoms with Gasteiger partial charge in [-0.05, 0) is 63.5 Å². The smallest absolute Gasteiger partial charge is 0.257 e. The number of amides is 1. The van der Waals surface area contributed by atoms with Gasteiger partial charge in [0.2, 0.25) is 0 Å². The second kappa shape index (κ2) is 7.58. The van der Waals surface area contributed by atoms with Gasteiger partial charge in [-0.15, -0.1) is 0 Å². The Bertz CT molecular complexity index is 830. The molecule has 1 aliphatic heterocycles. The Kier molecular flexibility index (Phi) is 5.23. The molecule has 2 aromatic carbocycles. The molecule has 136 valence electrons. The minimum absolute atomic E-state index is 0.242. The van der Waals surface area contributed by atoms with E-state index in [0.29, 0.717) is 22.9 Å². The zero-order valence-corrected chi connectivity index (χ0v) is 15.1. The van der Waals surface area contributed by atoms with E-state index in [0.717, 1.165) is 17.9 Å². The van der Waals surface area contributed by atoms with Crippen molar-refractivity contribution in [1.29, 1.82) is 0 Å². The predicted molar refractivity (Wildman–Crippen MR) is 105 cm³/mol. The summed E-state index contributed by atoms with van der Waals surface area (Å²) in [4.78, 5) is 14.2. The van der Waals surface area contributed by atoms with E-state index in [1.54, 1.807) is 12.3 Å². The third-order valence-corrected chi connectivity index (χ3v) is 4.08. The van der Waals surface area contributed by atoms with Crippen molar-refractivity contribution >= 4 is 28.5 Å². The lowest BCUT2D eigenvalue weighted by Crippen LogP contribution is -2.29. The molecule has 3 N–H and O–H groups in total. The van der Waals surface area contributed by atoms with E-state index in [9.17, 15) is 9.18 Å². The van der Waals surface area contributed by atoms with Crippen molar-refractivity contribution in [2.24, 2.45) is 0 Å². The molecule has 0 spiro atoms. The van der Waals surface area contributed by atoms with Crippen molar-refractivity contribution in [2.75, 3.05) is 36.6 Å². The highest BCUT2D eigenvalue weighted by atomic mass is 19.1. The normalized spacial score (nSPS) is 15.7. The van der Waals surface area contributed by atoms with Crippen LogP contribution in [0, 0.1) is 5.82 Å². The highest BCUT2D eigenvalue weighted by Gasteiger charge is 2.24. The average Bonchev–Trinajstić information content (AvgIpc) is 2.87. The molecule has 1 heterocycles. The lowest BCUT2D eigenvalue weighted by molar-refractivity contribution is -0.110. The molecule has 5 nitrogen and oxygen atoms in total. The maximum Gasteiger partial charge on any atom is 0.257 e. The number of hydrogen-bond donors (Lipinski definition) is 3. The molecule has 26 heavy (non-hydrogen) atoms. The van der Waals surface area contributed by atoms with Gasteiger partial charge < -0.3 is 20.9 Å². The Morgan fingerprint density at radius 3 is 2.54 bits per heavy atom. The summed E-state index contributed by atoms with van der Waals surface area (Å²) in [5.74, 6) is -0.612. The van der Waals surface area contributed by atoms with Crippen LogP contribution in [0.15, 0.2) is 48.7 Å². The summed E-state index contributed by atoms with van der Waals surface area (Å²) < 4.78 is 13.3. The van der Waals surface area contributed by atoms with Crippen molar-refractivity contribution in [3.63, 3.8) is 0 Å². The predicted octanol–water partition coefficient (Wildman–Crippen LogP) is 3.59. The molecule has 0 saturated carbocycles. The molecule has 0 aromatic heterocycles. The monoisotopic (exact) mass is 354 g/mol. The van der Waals surface area contributed by atoms with E-state index < -0.39 is 0 Å². The molecule has 3 rings (SSSR count). The number of nitrogens with one attached hydrogen (secondary N) is 3. The zero-order valence-electron chi connectivity index (χ0n) is 15.1. The van der Waals surface area contributed by atoms with Crippen LogP contribution in [-0.4, -0.2) is 37.5 Å². The number of fused-ring (bicyclic) bond motifs is 1. The molecule has 6 heteroatoms. The molecular weight excluding hydrogens is 331 g/mol. The first-order valence-electron chi connectivity index (χ1n) is 8.51. The number of hydrogen-bond acceptors (Lipinski definition) is 4. The lowest BCUT2D eigenvalue weighted by Gasteiger charge is -2.19. The second-order valence-corrected chi connectivity index (χ2v) is 6.73. The SMILES string of the molecule is CC(CN(C)C)Nc1ccc(NC=C2C(=O)Nc3cc(F)ccc32)cc1. The summed E-state index contributed by atoms with van der Waals surface area (Å²) >= 11 is 0. The number of rotatable bonds is 6. The number of benzene rings is 2. The largest absolute Gasteiger partial charge is 0.381 e. The van der Waals surface area contributed by atoms with E-state index in [1.807, 2.05) is 38.4 Å². The Morgan fingerprint density at radius 1 is 1.15 bits per heavy atom. The summed E-state index contributed by atoms with van der Waals surface area (Å²) in [6, 6.07) is 12.5. The Balaban J connectivity index is 1.67. The number of halogens is 1. The first-order chi connectivity index (χ1) is 12.4. The summed E-state index contributed by atoms with van der Waals surface area (Å²) in [5.41, 5.74) is 3.59. The Morgan fingerprint density at radius 2 is 1.85 bits per heavy atom. The van der Waals surface area contributed by atoms with E-state index in [2.05, 4.69) is 27.8 Å². The van der Waals surface area contributed by atoms with Crippen LogP contribution in [0.4, 0.5) is 21.5 Å². The van der Waals surface area contributed by atoms with Crippen LogP contribution >= 0.6 is 0 Å². The molecule has 1 atom stereocenters. The number of carbonyl (C=O) groups is 1. The molecule has 0 saturated heterocycles. The van der Waals surface area contributed by atoms with Gasteiger partial charge in [0.15, 0.2) is 0 Å². The number of nitrogens with zero attached hydrogens (tertiary/aromatic N) is 1. The third kappa shape index (κ3) is 4.21. The van der Waals surface area contributed by atoms with E-state index in [4.69, 9.17) is 0 Å². The first kappa shape index (κ1) is 17.9. The minimum Gasteiger partial charge on any atom is -0.381 e. The molecule has 0 fully saturated rings. The summed E-state index contributed by atoms with van der Waals surface area (Å²) in [7, 11) is 4.09. The van der Waals surface area contributed by atoms with Crippen LogP contribution in [0.5, 0.6) is 0 Å². The fourth-order valence-electron chi connectivity index (χ4n) is 3.01. The number of likely N-dealkylation sites (N-methyl/N-ethyl adjacent to an activating group) is 1. The van der Waals surface area contributed by atoms with Gasteiger partial charge in [-0.25, -0.2) is 4.39 Å². The van der Waals surface area contributed by atoms with Crippen LogP contribution in [0.25, 0.3) is 5.57 Å². The van der Waals surface area contributed by atoms with Crippen LogP contribution in [-0.2, 0) is 4.79 Å². The fourth-order valence-corrected chi connectivity index (χ4v) is 3.01. The standard InChI is InChI=1S/C20H23FN4O/c1-13(12-25(2)3)23-16-7-5-15(6-8-16)22-11-18-17-9-4-14(21)10-19(17)24-20(18)26/h4-11,13,22-23H,12H2,1-3H3,(H,24,26). The van der Waals surface area contributed by atoms with Crippen molar-refractivity contribution in [1.82, 2.24) is 4.90 Å². The molecule has 0 bridgehead atoms. The van der Waals surface area contributed by atoms with Gasteiger partial charge in [0.1, 0.15) is 5.82 Å². The van der Waals surface area contributed by atoms with E-state index in [-0.39, 0.29) is 11.7 Å². The lowest BCUT2D eigenvalue weighted by atomic mass is 10.1. The quantitative estimate of drug-likeness (QED) is 0.694. The van der Waals surface area contributed by atoms with Crippen molar-refractivity contribution < 1.29 is 9.18 Å².